The summed E-state index contributed by atoms with van der Waals surface area (Å²) in [5.74, 6) is -4.73. The molecular formula is C49H86NaO17P. The van der Waals surface area contributed by atoms with Crippen LogP contribution >= 0.6 is 7.82 Å². The first-order chi connectivity index (χ1) is 32.1. The second kappa shape index (κ2) is 41.5. The summed E-state index contributed by atoms with van der Waals surface area (Å²) in [7, 11) is -5.51. The van der Waals surface area contributed by atoms with Gasteiger partial charge >= 0.3 is 65.4 Å². The van der Waals surface area contributed by atoms with Crippen molar-refractivity contribution in [2.75, 3.05) is 19.8 Å². The van der Waals surface area contributed by atoms with Crippen molar-refractivity contribution in [3.63, 3.8) is 0 Å². The number of phosphoric ester groups is 1. The number of phosphoric acid groups is 1. The Labute approximate surface area is 429 Å². The van der Waals surface area contributed by atoms with E-state index in [1.165, 1.54) is 103 Å². The van der Waals surface area contributed by atoms with Crippen molar-refractivity contribution in [2.45, 2.75) is 258 Å². The van der Waals surface area contributed by atoms with E-state index in [-0.39, 0.29) is 42.4 Å². The SMILES string of the molecule is CCCCCCCCCCCCCCCC(=O)OC[C@H](COP(=O)([O-])O[C@@H]1O[C@H](COC(C)=O)[C@H](OC(C)=O)[C@H](OC(C)=O)[C@H]1OC(C)=O)OC(=O)CCCCCCCCCCCCCCC.[Na+]. The van der Waals surface area contributed by atoms with Crippen LogP contribution < -0.4 is 34.5 Å². The molecular weight excluding hydrogens is 914 g/mol. The number of hydrogen-bond acceptors (Lipinski definition) is 17. The van der Waals surface area contributed by atoms with Gasteiger partial charge in [-0.05, 0) is 12.8 Å². The van der Waals surface area contributed by atoms with Crippen LogP contribution in [0.5, 0.6) is 0 Å². The number of ether oxygens (including phenoxy) is 7. The van der Waals surface area contributed by atoms with E-state index in [4.69, 9.17) is 42.2 Å². The predicted molar refractivity (Wildman–Crippen MR) is 248 cm³/mol. The van der Waals surface area contributed by atoms with E-state index in [1.807, 2.05) is 0 Å². The minimum Gasteiger partial charge on any atom is -0.756 e. The number of carbonyl (C=O) groups is 6. The summed E-state index contributed by atoms with van der Waals surface area (Å²) in [5, 5.41) is 0. The fraction of sp³-hybridized carbons (Fsp3) is 0.878. The zero-order valence-electron chi connectivity index (χ0n) is 42.8. The minimum absolute atomic E-state index is 0. The fourth-order valence-corrected chi connectivity index (χ4v) is 8.63. The molecule has 0 saturated carbocycles. The Morgan fingerprint density at radius 1 is 0.500 bits per heavy atom. The Balaban J connectivity index is 0.0000449. The van der Waals surface area contributed by atoms with Gasteiger partial charge in [-0.3, -0.25) is 37.9 Å². The van der Waals surface area contributed by atoms with Gasteiger partial charge in [-0.1, -0.05) is 168 Å². The molecule has 0 N–H and O–H groups in total. The summed E-state index contributed by atoms with van der Waals surface area (Å²) >= 11 is 0. The molecule has 1 heterocycles. The first-order valence-corrected chi connectivity index (χ1v) is 26.8. The summed E-state index contributed by atoms with van der Waals surface area (Å²) in [5.41, 5.74) is 0. The largest absolute Gasteiger partial charge is 1.00 e. The maximum absolute atomic E-state index is 13.4. The van der Waals surface area contributed by atoms with Crippen molar-refractivity contribution in [1.82, 2.24) is 0 Å². The smallest absolute Gasteiger partial charge is 0.756 e. The van der Waals surface area contributed by atoms with Crippen molar-refractivity contribution in [3.05, 3.63) is 0 Å². The molecule has 0 aliphatic carbocycles. The van der Waals surface area contributed by atoms with E-state index in [1.54, 1.807) is 0 Å². The van der Waals surface area contributed by atoms with Crippen molar-refractivity contribution in [2.24, 2.45) is 0 Å². The molecule has 0 radical (unpaired) electrons. The molecule has 1 aliphatic heterocycles. The van der Waals surface area contributed by atoms with Crippen LogP contribution in [-0.2, 0) is 75.5 Å². The molecule has 1 saturated heterocycles. The molecule has 19 heteroatoms. The van der Waals surface area contributed by atoms with Gasteiger partial charge in [0, 0.05) is 40.5 Å². The molecule has 0 bridgehead atoms. The van der Waals surface area contributed by atoms with Crippen molar-refractivity contribution >= 4 is 43.6 Å². The van der Waals surface area contributed by atoms with E-state index in [0.717, 1.165) is 79.1 Å². The molecule has 17 nitrogen and oxygen atoms in total. The molecule has 390 valence electrons. The maximum atomic E-state index is 13.4. The average molecular weight is 1000 g/mol. The van der Waals surface area contributed by atoms with Crippen LogP contribution in [0.2, 0.25) is 0 Å². The van der Waals surface area contributed by atoms with Gasteiger partial charge in [0.1, 0.15) is 19.3 Å². The topological polar surface area (TPSA) is 226 Å². The van der Waals surface area contributed by atoms with Crippen LogP contribution in [0.25, 0.3) is 0 Å². The Morgan fingerprint density at radius 2 is 0.882 bits per heavy atom. The van der Waals surface area contributed by atoms with Gasteiger partial charge in [0.25, 0.3) is 7.82 Å². The van der Waals surface area contributed by atoms with Crippen LogP contribution in [0.3, 0.4) is 0 Å². The van der Waals surface area contributed by atoms with Crippen molar-refractivity contribution in [3.8, 4) is 0 Å². The van der Waals surface area contributed by atoms with Gasteiger partial charge in [0.15, 0.2) is 24.4 Å². The normalized spacial score (nSPS) is 19.1. The monoisotopic (exact) mass is 1000 g/mol. The summed E-state index contributed by atoms with van der Waals surface area (Å²) in [4.78, 5) is 87.3. The van der Waals surface area contributed by atoms with Gasteiger partial charge in [0.05, 0.1) is 6.61 Å². The molecule has 1 rings (SSSR count). The number of hydrogen-bond donors (Lipinski definition) is 0. The molecule has 0 aromatic heterocycles. The summed E-state index contributed by atoms with van der Waals surface area (Å²) < 4.78 is 61.4. The molecule has 7 atom stereocenters. The van der Waals surface area contributed by atoms with Crippen LogP contribution in [0, 0.1) is 0 Å². The third-order valence-electron chi connectivity index (χ3n) is 11.3. The number of rotatable bonds is 41. The molecule has 1 unspecified atom stereocenters. The van der Waals surface area contributed by atoms with E-state index >= 15 is 0 Å². The van der Waals surface area contributed by atoms with Crippen LogP contribution in [0.15, 0.2) is 0 Å². The number of esters is 6. The maximum Gasteiger partial charge on any atom is 1.00 e. The molecule has 68 heavy (non-hydrogen) atoms. The molecule has 0 aromatic carbocycles. The second-order valence-electron chi connectivity index (χ2n) is 17.7. The fourth-order valence-electron chi connectivity index (χ4n) is 7.80. The molecule has 1 fully saturated rings. The Hall–Kier alpha value is -2.11. The van der Waals surface area contributed by atoms with Crippen LogP contribution in [-0.4, -0.2) is 92.4 Å². The third-order valence-corrected chi connectivity index (χ3v) is 12.2. The average Bonchev–Trinajstić information content (AvgIpc) is 3.26. The molecule has 0 aromatic rings. The standard InChI is InChI=1S/C49H87O17P.Na/c1-7-9-11-13-15-17-19-21-23-25-27-29-31-33-44(54)59-35-42(64-45(55)34-32-30-28-26-24-22-20-18-16-14-12-10-8-2)36-60-67(56,57)66-49-48(63-41(6)53)47(62-40(5)52)46(61-39(4)51)43(65-49)37-58-38(3)50;/h42-43,46-49H,7-37H2,1-6H3,(H,56,57);/q;+1/p-1/t42-,43-,46+,47+,48-,49+;/m1./s1. The van der Waals surface area contributed by atoms with E-state index in [9.17, 15) is 38.2 Å². The van der Waals surface area contributed by atoms with Gasteiger partial charge in [-0.2, -0.15) is 0 Å². The van der Waals surface area contributed by atoms with Crippen molar-refractivity contribution in [1.29, 1.82) is 0 Å². The van der Waals surface area contributed by atoms with Crippen LogP contribution in [0.4, 0.5) is 0 Å². The Kier molecular flexibility index (Phi) is 40.2. The molecule has 1 aliphatic rings. The Bertz CT molecular complexity index is 1430. The van der Waals surface area contributed by atoms with E-state index < -0.39 is 100 Å². The zero-order chi connectivity index (χ0) is 49.7. The molecule has 0 amide bonds. The molecule has 0 spiro atoms. The summed E-state index contributed by atoms with van der Waals surface area (Å²) in [6.07, 6.45) is 19.7. The van der Waals surface area contributed by atoms with Crippen LogP contribution in [0.1, 0.15) is 221 Å². The van der Waals surface area contributed by atoms with E-state index in [2.05, 4.69) is 13.8 Å². The van der Waals surface area contributed by atoms with Crippen molar-refractivity contribution < 1.29 is 110 Å². The Morgan fingerprint density at radius 3 is 1.29 bits per heavy atom. The second-order valence-corrected chi connectivity index (χ2v) is 19.1. The number of unbranched alkanes of at least 4 members (excludes halogenated alkanes) is 24. The van der Waals surface area contributed by atoms with Gasteiger partial charge in [-0.15, -0.1) is 0 Å². The zero-order valence-corrected chi connectivity index (χ0v) is 45.7. The summed E-state index contributed by atoms with van der Waals surface area (Å²) in [6.45, 7) is 6.60. The van der Waals surface area contributed by atoms with E-state index in [0.29, 0.717) is 12.8 Å². The minimum atomic E-state index is -5.51. The quantitative estimate of drug-likeness (QED) is 0.0198. The van der Waals surface area contributed by atoms with Gasteiger partial charge in [0.2, 0.25) is 6.29 Å². The first-order valence-electron chi connectivity index (χ1n) is 25.4. The van der Waals surface area contributed by atoms with Gasteiger partial charge in [-0.25, -0.2) is 0 Å². The summed E-state index contributed by atoms with van der Waals surface area (Å²) in [6, 6.07) is 0. The number of carbonyl (C=O) groups excluding carboxylic acids is 6. The van der Waals surface area contributed by atoms with Gasteiger partial charge < -0.3 is 42.6 Å². The predicted octanol–water partition coefficient (Wildman–Crippen LogP) is 6.99. The third kappa shape index (κ3) is 35.1. The first kappa shape index (κ1) is 65.9.